The van der Waals surface area contributed by atoms with Crippen LogP contribution in [0.3, 0.4) is 0 Å². The minimum absolute atomic E-state index is 0.0606. The second-order valence-electron chi connectivity index (χ2n) is 5.11. The van der Waals surface area contributed by atoms with Gasteiger partial charge in [-0.2, -0.15) is 0 Å². The van der Waals surface area contributed by atoms with Crippen LogP contribution in [0.1, 0.15) is 35.3 Å². The first-order valence-corrected chi connectivity index (χ1v) is 9.22. The van der Waals surface area contributed by atoms with Crippen molar-refractivity contribution in [2.75, 3.05) is 18.8 Å². The van der Waals surface area contributed by atoms with Gasteiger partial charge in [0.05, 0.1) is 10.8 Å². The molecule has 2 N–H and O–H groups in total. The quantitative estimate of drug-likeness (QED) is 0.871. The highest BCUT2D eigenvalue weighted by Crippen LogP contribution is 2.21. The van der Waals surface area contributed by atoms with Gasteiger partial charge in [-0.15, -0.1) is 11.3 Å². The van der Waals surface area contributed by atoms with Gasteiger partial charge in [0.1, 0.15) is 5.69 Å². The molecule has 2 rings (SSSR count). The monoisotopic (exact) mass is 317 g/mol. The number of sulfonamides is 1. The van der Waals surface area contributed by atoms with Gasteiger partial charge in [-0.05, 0) is 25.2 Å². The maximum atomic E-state index is 12.3. The summed E-state index contributed by atoms with van der Waals surface area (Å²) < 4.78 is 22.1. The summed E-state index contributed by atoms with van der Waals surface area (Å²) in [6.07, 6.45) is 2.56. The van der Waals surface area contributed by atoms with Gasteiger partial charge in [0.15, 0.2) is 0 Å². The van der Waals surface area contributed by atoms with E-state index < -0.39 is 10.0 Å². The van der Waals surface area contributed by atoms with Gasteiger partial charge in [0.25, 0.3) is 5.91 Å². The fraction of sp³-hybridized carbons (Fsp3) is 0.667. The van der Waals surface area contributed by atoms with E-state index in [-0.39, 0.29) is 17.6 Å². The van der Waals surface area contributed by atoms with Gasteiger partial charge in [-0.25, -0.2) is 18.5 Å². The SMILES string of the molecule is CCCc1nc(C(=O)N2CCC(CS(N)(=O)=O)C2)cs1. The number of carbonyl (C=O) groups is 1. The van der Waals surface area contributed by atoms with Crippen molar-refractivity contribution in [1.29, 1.82) is 0 Å². The minimum atomic E-state index is -3.48. The van der Waals surface area contributed by atoms with Crippen LogP contribution in [-0.4, -0.2) is 43.1 Å². The van der Waals surface area contributed by atoms with Gasteiger partial charge >= 0.3 is 0 Å². The van der Waals surface area contributed by atoms with Crippen LogP contribution in [0.15, 0.2) is 5.38 Å². The molecule has 1 aliphatic rings. The molecule has 1 aromatic rings. The molecule has 2 heterocycles. The summed E-state index contributed by atoms with van der Waals surface area (Å²) >= 11 is 1.50. The number of nitrogens with two attached hydrogens (primary N) is 1. The Hall–Kier alpha value is -0.990. The number of hydrogen-bond donors (Lipinski definition) is 1. The molecule has 0 aromatic carbocycles. The Kier molecular flexibility index (Phi) is 4.77. The molecule has 20 heavy (non-hydrogen) atoms. The molecule has 1 unspecified atom stereocenters. The Bertz CT molecular complexity index is 583. The van der Waals surface area contributed by atoms with Crippen LogP contribution < -0.4 is 5.14 Å². The maximum Gasteiger partial charge on any atom is 0.273 e. The van der Waals surface area contributed by atoms with Gasteiger partial charge in [0, 0.05) is 18.5 Å². The molecule has 1 atom stereocenters. The first-order valence-electron chi connectivity index (χ1n) is 6.63. The highest BCUT2D eigenvalue weighted by atomic mass is 32.2. The molecule has 0 spiro atoms. The maximum absolute atomic E-state index is 12.3. The summed E-state index contributed by atoms with van der Waals surface area (Å²) in [5.41, 5.74) is 0.467. The summed E-state index contributed by atoms with van der Waals surface area (Å²) in [6.45, 7) is 3.08. The number of nitrogens with zero attached hydrogens (tertiary/aromatic N) is 2. The first-order chi connectivity index (χ1) is 9.39. The largest absolute Gasteiger partial charge is 0.337 e. The van der Waals surface area contributed by atoms with Crippen LogP contribution in [-0.2, 0) is 16.4 Å². The second-order valence-corrected chi connectivity index (χ2v) is 7.71. The number of amides is 1. The van der Waals surface area contributed by atoms with Crippen molar-refractivity contribution in [1.82, 2.24) is 9.88 Å². The van der Waals surface area contributed by atoms with Crippen molar-refractivity contribution in [3.8, 4) is 0 Å². The number of primary sulfonamides is 1. The third-order valence-electron chi connectivity index (χ3n) is 3.28. The van der Waals surface area contributed by atoms with Crippen molar-refractivity contribution >= 4 is 27.3 Å². The molecular weight excluding hydrogens is 298 g/mol. The minimum Gasteiger partial charge on any atom is -0.337 e. The molecule has 0 saturated carbocycles. The zero-order valence-electron chi connectivity index (χ0n) is 11.4. The molecule has 0 radical (unpaired) electrons. The summed E-state index contributed by atoms with van der Waals surface area (Å²) in [7, 11) is -3.48. The van der Waals surface area contributed by atoms with Crippen LogP contribution in [0.4, 0.5) is 0 Å². The van der Waals surface area contributed by atoms with Crippen LogP contribution in [0, 0.1) is 5.92 Å². The average Bonchev–Trinajstić information content (AvgIpc) is 2.96. The van der Waals surface area contributed by atoms with Gasteiger partial charge in [-0.3, -0.25) is 4.79 Å². The third kappa shape index (κ3) is 4.00. The molecule has 1 aliphatic heterocycles. The smallest absolute Gasteiger partial charge is 0.273 e. The molecule has 0 aliphatic carbocycles. The Labute approximate surface area is 123 Å². The molecule has 8 heteroatoms. The Balaban J connectivity index is 1.96. The number of likely N-dealkylation sites (tertiary alicyclic amines) is 1. The van der Waals surface area contributed by atoms with E-state index in [0.29, 0.717) is 25.2 Å². The highest BCUT2D eigenvalue weighted by molar-refractivity contribution is 7.89. The lowest BCUT2D eigenvalue weighted by Gasteiger charge is -2.14. The number of hydrogen-bond acceptors (Lipinski definition) is 5. The average molecular weight is 317 g/mol. The van der Waals surface area contributed by atoms with E-state index in [1.165, 1.54) is 11.3 Å². The lowest BCUT2D eigenvalue weighted by atomic mass is 10.2. The molecule has 1 fully saturated rings. The molecule has 1 amide bonds. The number of carbonyl (C=O) groups excluding carboxylic acids is 1. The van der Waals surface area contributed by atoms with E-state index in [9.17, 15) is 13.2 Å². The Morgan fingerprint density at radius 3 is 3.00 bits per heavy atom. The van der Waals surface area contributed by atoms with Crippen molar-refractivity contribution in [2.45, 2.75) is 26.2 Å². The number of rotatable bonds is 5. The third-order valence-corrected chi connectivity index (χ3v) is 5.12. The van der Waals surface area contributed by atoms with Crippen LogP contribution >= 0.6 is 11.3 Å². The summed E-state index contributed by atoms with van der Waals surface area (Å²) in [6, 6.07) is 0. The standard InChI is InChI=1S/C12H19N3O3S2/c1-2-3-11-14-10(7-19-11)12(16)15-5-4-9(6-15)8-20(13,17)18/h7,9H,2-6,8H2,1H3,(H2,13,17,18). The van der Waals surface area contributed by atoms with E-state index in [4.69, 9.17) is 5.14 Å². The first kappa shape index (κ1) is 15.4. The Morgan fingerprint density at radius 1 is 1.60 bits per heavy atom. The van der Waals surface area contributed by atoms with Crippen LogP contribution in [0.25, 0.3) is 0 Å². The van der Waals surface area contributed by atoms with Crippen molar-refractivity contribution < 1.29 is 13.2 Å². The fourth-order valence-corrected chi connectivity index (χ4v) is 4.18. The summed E-state index contributed by atoms with van der Waals surface area (Å²) in [5, 5.41) is 7.79. The van der Waals surface area contributed by atoms with Gasteiger partial charge < -0.3 is 4.90 Å². The van der Waals surface area contributed by atoms with Crippen molar-refractivity contribution in [2.24, 2.45) is 11.1 Å². The van der Waals surface area contributed by atoms with Gasteiger partial charge in [-0.1, -0.05) is 6.92 Å². The van der Waals surface area contributed by atoms with E-state index in [2.05, 4.69) is 11.9 Å². The van der Waals surface area contributed by atoms with E-state index in [0.717, 1.165) is 17.8 Å². The van der Waals surface area contributed by atoms with E-state index in [1.807, 2.05) is 0 Å². The second kappa shape index (κ2) is 6.19. The molecule has 0 bridgehead atoms. The number of aryl methyl sites for hydroxylation is 1. The molecular formula is C12H19N3O3S2. The van der Waals surface area contributed by atoms with Crippen molar-refractivity contribution in [3.63, 3.8) is 0 Å². The zero-order chi connectivity index (χ0) is 14.8. The number of thiazole rings is 1. The molecule has 6 nitrogen and oxygen atoms in total. The molecule has 1 aromatic heterocycles. The van der Waals surface area contributed by atoms with Crippen LogP contribution in [0.2, 0.25) is 0 Å². The predicted octanol–water partition coefficient (Wildman–Crippen LogP) is 0.846. The molecule has 1 saturated heterocycles. The lowest BCUT2D eigenvalue weighted by Crippen LogP contribution is -2.31. The van der Waals surface area contributed by atoms with Gasteiger partial charge in [0.2, 0.25) is 10.0 Å². The lowest BCUT2D eigenvalue weighted by molar-refractivity contribution is 0.0783. The molecule has 112 valence electrons. The topological polar surface area (TPSA) is 93.4 Å². The van der Waals surface area contributed by atoms with Crippen LogP contribution in [0.5, 0.6) is 0 Å². The zero-order valence-corrected chi connectivity index (χ0v) is 13.0. The summed E-state index contributed by atoms with van der Waals surface area (Å²) in [5.74, 6) is -0.238. The fourth-order valence-electron chi connectivity index (χ4n) is 2.38. The normalized spacial score (nSPS) is 19.5. The van der Waals surface area contributed by atoms with E-state index in [1.54, 1.807) is 10.3 Å². The Morgan fingerprint density at radius 2 is 2.35 bits per heavy atom. The highest BCUT2D eigenvalue weighted by Gasteiger charge is 2.30. The van der Waals surface area contributed by atoms with E-state index >= 15 is 0 Å². The predicted molar refractivity (Wildman–Crippen MR) is 78.1 cm³/mol. The number of aromatic nitrogens is 1. The summed E-state index contributed by atoms with van der Waals surface area (Å²) in [4.78, 5) is 18.3. The van der Waals surface area contributed by atoms with Crippen molar-refractivity contribution in [3.05, 3.63) is 16.1 Å².